The van der Waals surface area contributed by atoms with Crippen molar-refractivity contribution in [2.45, 2.75) is 6.29 Å². The maximum Gasteiger partial charge on any atom is 0.511 e. The molecule has 0 bridgehead atoms. The molecule has 68 valence electrons. The van der Waals surface area contributed by atoms with Gasteiger partial charge in [-0.2, -0.15) is 8.78 Å². The molecule has 12 heavy (non-hydrogen) atoms. The summed E-state index contributed by atoms with van der Waals surface area (Å²) >= 11 is 0. The van der Waals surface area contributed by atoms with E-state index in [4.69, 9.17) is 0 Å². The molecule has 0 aliphatic carbocycles. The standard InChI is InChI=1S/C5H4F2O5/c6-3(7)1-10-12-4-2-9-5(8)11-4/h1,4H,2H2. The molecule has 0 saturated carbocycles. The molecule has 5 nitrogen and oxygen atoms in total. The molecule has 0 aromatic carbocycles. The first-order chi connectivity index (χ1) is 5.68. The number of halogens is 2. The van der Waals surface area contributed by atoms with E-state index in [0.717, 1.165) is 0 Å². The molecule has 0 radical (unpaired) electrons. The third-order valence-electron chi connectivity index (χ3n) is 0.865. The van der Waals surface area contributed by atoms with Gasteiger partial charge in [0.2, 0.25) is 0 Å². The molecule has 1 saturated heterocycles. The van der Waals surface area contributed by atoms with Gasteiger partial charge in [0.1, 0.15) is 0 Å². The highest BCUT2D eigenvalue weighted by Gasteiger charge is 2.26. The predicted molar refractivity (Wildman–Crippen MR) is 28.7 cm³/mol. The van der Waals surface area contributed by atoms with Crippen LogP contribution >= 0.6 is 0 Å². The first-order valence-corrected chi connectivity index (χ1v) is 2.85. The Balaban J connectivity index is 2.16. The zero-order valence-corrected chi connectivity index (χ0v) is 5.66. The van der Waals surface area contributed by atoms with Crippen LogP contribution in [0.2, 0.25) is 0 Å². The fraction of sp³-hybridized carbons (Fsp3) is 0.400. The predicted octanol–water partition coefficient (Wildman–Crippen LogP) is 1.17. The molecule has 0 N–H and O–H groups in total. The number of cyclic esters (lactones) is 2. The van der Waals surface area contributed by atoms with Crippen LogP contribution < -0.4 is 0 Å². The maximum atomic E-state index is 11.3. The number of hydrogen-bond donors (Lipinski definition) is 0. The van der Waals surface area contributed by atoms with Gasteiger partial charge in [-0.1, -0.05) is 0 Å². The van der Waals surface area contributed by atoms with E-state index < -0.39 is 18.5 Å². The molecule has 0 spiro atoms. The van der Waals surface area contributed by atoms with Crippen LogP contribution in [0.5, 0.6) is 0 Å². The Morgan fingerprint density at radius 2 is 2.42 bits per heavy atom. The molecule has 1 fully saturated rings. The average molecular weight is 182 g/mol. The minimum Gasteiger partial charge on any atom is -0.427 e. The van der Waals surface area contributed by atoms with Crippen molar-refractivity contribution in [3.05, 3.63) is 12.3 Å². The second kappa shape index (κ2) is 3.86. The largest absolute Gasteiger partial charge is 0.511 e. The van der Waals surface area contributed by atoms with Crippen LogP contribution in [0.1, 0.15) is 0 Å². The van der Waals surface area contributed by atoms with Crippen molar-refractivity contribution in [1.29, 1.82) is 0 Å². The number of hydrogen-bond acceptors (Lipinski definition) is 5. The quantitative estimate of drug-likeness (QED) is 0.284. The Bertz CT molecular complexity index is 200. The minimum absolute atomic E-state index is 0.0756. The summed E-state index contributed by atoms with van der Waals surface area (Å²) in [6.07, 6.45) is -3.99. The van der Waals surface area contributed by atoms with Crippen LogP contribution in [0.15, 0.2) is 12.3 Å². The van der Waals surface area contributed by atoms with Gasteiger partial charge in [0, 0.05) is 0 Å². The number of rotatable bonds is 3. The van der Waals surface area contributed by atoms with Gasteiger partial charge in [-0.3, -0.25) is 0 Å². The second-order valence-electron chi connectivity index (χ2n) is 1.71. The lowest BCUT2D eigenvalue weighted by atomic mass is 10.7. The van der Waals surface area contributed by atoms with Gasteiger partial charge in [0.25, 0.3) is 6.29 Å². The van der Waals surface area contributed by atoms with Crippen LogP contribution in [0.3, 0.4) is 0 Å². The molecule has 1 rings (SSSR count). The molecule has 1 heterocycles. The van der Waals surface area contributed by atoms with Gasteiger partial charge >= 0.3 is 12.2 Å². The van der Waals surface area contributed by atoms with E-state index >= 15 is 0 Å². The molecular formula is C5H4F2O5. The van der Waals surface area contributed by atoms with Crippen LogP contribution in [0.25, 0.3) is 0 Å². The SMILES string of the molecule is O=C1OCC(OOC=C(F)F)O1. The molecule has 0 amide bonds. The molecule has 1 atom stereocenters. The van der Waals surface area contributed by atoms with Crippen LogP contribution in [-0.2, 0) is 19.2 Å². The summed E-state index contributed by atoms with van der Waals surface area (Å²) < 4.78 is 31.1. The van der Waals surface area contributed by atoms with Crippen molar-refractivity contribution < 1.29 is 32.8 Å². The topological polar surface area (TPSA) is 54.0 Å². The lowest BCUT2D eigenvalue weighted by Crippen LogP contribution is -2.13. The summed E-state index contributed by atoms with van der Waals surface area (Å²) in [5.74, 6) is 0. The van der Waals surface area contributed by atoms with Crippen molar-refractivity contribution in [3.63, 3.8) is 0 Å². The lowest BCUT2D eigenvalue weighted by molar-refractivity contribution is -0.327. The van der Waals surface area contributed by atoms with Gasteiger partial charge < -0.3 is 14.4 Å². The lowest BCUT2D eigenvalue weighted by Gasteiger charge is -2.02. The van der Waals surface area contributed by atoms with Gasteiger partial charge in [-0.05, 0) is 0 Å². The van der Waals surface area contributed by atoms with E-state index in [9.17, 15) is 13.6 Å². The van der Waals surface area contributed by atoms with Crippen LogP contribution in [0, 0.1) is 0 Å². The summed E-state index contributed by atoms with van der Waals surface area (Å²) in [6.45, 7) is -0.180. The van der Waals surface area contributed by atoms with Crippen LogP contribution in [-0.4, -0.2) is 19.1 Å². The maximum absolute atomic E-state index is 11.3. The summed E-state index contributed by atoms with van der Waals surface area (Å²) in [4.78, 5) is 18.2. The summed E-state index contributed by atoms with van der Waals surface area (Å²) in [5.41, 5.74) is 0. The molecular weight excluding hydrogens is 178 g/mol. The summed E-state index contributed by atoms with van der Waals surface area (Å²) in [7, 11) is 0. The monoisotopic (exact) mass is 182 g/mol. The first kappa shape index (κ1) is 8.72. The highest BCUT2D eigenvalue weighted by molar-refractivity contribution is 5.61. The highest BCUT2D eigenvalue weighted by atomic mass is 19.3. The Morgan fingerprint density at radius 3 is 2.92 bits per heavy atom. The van der Waals surface area contributed by atoms with E-state index in [1.54, 1.807) is 0 Å². The first-order valence-electron chi connectivity index (χ1n) is 2.85. The van der Waals surface area contributed by atoms with Crippen molar-refractivity contribution >= 4 is 6.16 Å². The number of ether oxygens (including phenoxy) is 2. The summed E-state index contributed by atoms with van der Waals surface area (Å²) in [6, 6.07) is 0. The third kappa shape index (κ3) is 2.70. The van der Waals surface area contributed by atoms with Crippen molar-refractivity contribution in [1.82, 2.24) is 0 Å². The Kier molecular flexibility index (Phi) is 2.81. The molecule has 0 aromatic heterocycles. The molecule has 7 heteroatoms. The zero-order valence-electron chi connectivity index (χ0n) is 5.66. The van der Waals surface area contributed by atoms with Gasteiger partial charge in [0.05, 0.1) is 0 Å². The van der Waals surface area contributed by atoms with E-state index in [-0.39, 0.29) is 12.9 Å². The fourth-order valence-corrected chi connectivity index (χ4v) is 0.485. The summed E-state index contributed by atoms with van der Waals surface area (Å²) in [5, 5.41) is 0. The van der Waals surface area contributed by atoms with E-state index in [1.807, 2.05) is 0 Å². The van der Waals surface area contributed by atoms with Crippen LogP contribution in [0.4, 0.5) is 13.6 Å². The molecule has 0 aromatic rings. The minimum atomic E-state index is -2.06. The second-order valence-corrected chi connectivity index (χ2v) is 1.71. The third-order valence-corrected chi connectivity index (χ3v) is 0.865. The van der Waals surface area contributed by atoms with Gasteiger partial charge in [-0.15, -0.1) is 4.89 Å². The molecule has 1 aliphatic rings. The van der Waals surface area contributed by atoms with Gasteiger partial charge in [-0.25, -0.2) is 4.79 Å². The highest BCUT2D eigenvalue weighted by Crippen LogP contribution is 2.08. The van der Waals surface area contributed by atoms with Crippen molar-refractivity contribution in [2.75, 3.05) is 6.61 Å². The molecule has 1 unspecified atom stereocenters. The van der Waals surface area contributed by atoms with E-state index in [0.29, 0.717) is 0 Å². The molecule has 1 aliphatic heterocycles. The smallest absolute Gasteiger partial charge is 0.427 e. The van der Waals surface area contributed by atoms with Gasteiger partial charge in [0.15, 0.2) is 12.9 Å². The van der Waals surface area contributed by atoms with E-state index in [2.05, 4.69) is 19.2 Å². The van der Waals surface area contributed by atoms with E-state index in [1.165, 1.54) is 0 Å². The Hall–Kier alpha value is -1.37. The van der Waals surface area contributed by atoms with Crippen molar-refractivity contribution in [2.24, 2.45) is 0 Å². The Labute approximate surface area is 65.4 Å². The number of carbonyl (C=O) groups excluding carboxylic acids is 1. The van der Waals surface area contributed by atoms with Crippen molar-refractivity contribution in [3.8, 4) is 0 Å². The fourth-order valence-electron chi connectivity index (χ4n) is 0.485. The zero-order chi connectivity index (χ0) is 8.97. The number of carbonyl (C=O) groups is 1. The Morgan fingerprint density at radius 1 is 1.67 bits per heavy atom. The average Bonchev–Trinajstić information content (AvgIpc) is 2.35. The normalized spacial score (nSPS) is 21.2.